The summed E-state index contributed by atoms with van der Waals surface area (Å²) in [7, 11) is 1.20. The highest BCUT2D eigenvalue weighted by molar-refractivity contribution is 5.96. The zero-order valence-electron chi connectivity index (χ0n) is 20.1. The van der Waals surface area contributed by atoms with Crippen LogP contribution in [0, 0.1) is 0 Å². The van der Waals surface area contributed by atoms with E-state index in [1.54, 1.807) is 18.2 Å². The first-order chi connectivity index (χ1) is 17.4. The summed E-state index contributed by atoms with van der Waals surface area (Å²) in [5.74, 6) is -0.682. The van der Waals surface area contributed by atoms with Gasteiger partial charge in [-0.15, -0.1) is 0 Å². The normalized spacial score (nSPS) is 10.8. The number of carbonyl (C=O) groups excluding carboxylic acids is 3. The zero-order chi connectivity index (χ0) is 25.8. The van der Waals surface area contributed by atoms with Gasteiger partial charge in [0.05, 0.1) is 7.11 Å². The maximum Gasteiger partial charge on any atom is 0.412 e. The predicted octanol–water partition coefficient (Wildman–Crippen LogP) is 4.77. The van der Waals surface area contributed by atoms with E-state index in [0.717, 1.165) is 11.1 Å². The van der Waals surface area contributed by atoms with Gasteiger partial charge in [-0.25, -0.2) is 9.59 Å². The minimum Gasteiger partial charge on any atom is -0.489 e. The highest BCUT2D eigenvalue weighted by atomic mass is 16.6. The van der Waals surface area contributed by atoms with Crippen LogP contribution in [-0.4, -0.2) is 25.1 Å². The Kier molecular flexibility index (Phi) is 9.64. The Labute approximate surface area is 209 Å². The summed E-state index contributed by atoms with van der Waals surface area (Å²) in [6, 6.07) is 23.9. The van der Waals surface area contributed by atoms with Crippen molar-refractivity contribution in [3.8, 4) is 5.75 Å². The van der Waals surface area contributed by atoms with Gasteiger partial charge in [-0.1, -0.05) is 66.7 Å². The Bertz CT molecular complexity index is 1210. The summed E-state index contributed by atoms with van der Waals surface area (Å²) in [6.07, 6.45) is 0.606. The summed E-state index contributed by atoms with van der Waals surface area (Å²) in [5, 5.41) is 2.43. The summed E-state index contributed by atoms with van der Waals surface area (Å²) < 4.78 is 21.1. The standard InChI is InChI=1S/C28H27NO7/c1-20(30)34-19-24-15-25(35-17-21-9-5-3-6-10-21)14-13-23(24)16-26(27(31)33-2)29-28(32)36-18-22-11-7-4-8-12-22/h3-16H,17-19H2,1-2H3,(H,29,32)/b26-16+. The summed E-state index contributed by atoms with van der Waals surface area (Å²) in [4.78, 5) is 36.1. The van der Waals surface area contributed by atoms with Gasteiger partial charge in [0.1, 0.15) is 31.3 Å². The molecular formula is C28H27NO7. The molecule has 186 valence electrons. The highest BCUT2D eigenvalue weighted by Crippen LogP contribution is 2.22. The van der Waals surface area contributed by atoms with Gasteiger partial charge < -0.3 is 18.9 Å². The molecule has 0 heterocycles. The lowest BCUT2D eigenvalue weighted by Gasteiger charge is -2.13. The second-order valence-corrected chi connectivity index (χ2v) is 7.65. The fourth-order valence-corrected chi connectivity index (χ4v) is 3.14. The smallest absolute Gasteiger partial charge is 0.412 e. The molecule has 8 heteroatoms. The minimum atomic E-state index is -0.820. The van der Waals surface area contributed by atoms with Crippen molar-refractivity contribution in [3.05, 3.63) is 107 Å². The van der Waals surface area contributed by atoms with Gasteiger partial charge in [-0.05, 0) is 34.9 Å². The molecule has 0 unspecified atom stereocenters. The third kappa shape index (κ3) is 8.32. The molecule has 0 spiro atoms. The van der Waals surface area contributed by atoms with Crippen molar-refractivity contribution in [3.63, 3.8) is 0 Å². The molecule has 0 fully saturated rings. The Morgan fingerprint density at radius 3 is 2.06 bits per heavy atom. The van der Waals surface area contributed by atoms with E-state index >= 15 is 0 Å². The van der Waals surface area contributed by atoms with E-state index in [0.29, 0.717) is 23.5 Å². The fourth-order valence-electron chi connectivity index (χ4n) is 3.14. The molecule has 0 bridgehead atoms. The van der Waals surface area contributed by atoms with Crippen molar-refractivity contribution in [1.29, 1.82) is 0 Å². The topological polar surface area (TPSA) is 100 Å². The first kappa shape index (κ1) is 26.0. The maximum atomic E-state index is 12.4. The van der Waals surface area contributed by atoms with Crippen LogP contribution in [0.1, 0.15) is 29.2 Å². The summed E-state index contributed by atoms with van der Waals surface area (Å²) in [6.45, 7) is 1.63. The number of alkyl carbamates (subject to hydrolysis) is 1. The number of nitrogens with one attached hydrogen (secondary N) is 1. The lowest BCUT2D eigenvalue weighted by Crippen LogP contribution is -2.28. The maximum absolute atomic E-state index is 12.4. The van der Waals surface area contributed by atoms with Crippen molar-refractivity contribution < 1.29 is 33.3 Å². The van der Waals surface area contributed by atoms with Gasteiger partial charge in [-0.2, -0.15) is 0 Å². The van der Waals surface area contributed by atoms with E-state index in [1.165, 1.54) is 20.1 Å². The molecule has 0 aliphatic carbocycles. The Hall–Kier alpha value is -4.59. The third-order valence-corrected chi connectivity index (χ3v) is 4.95. The van der Waals surface area contributed by atoms with Gasteiger partial charge in [0.15, 0.2) is 0 Å². The molecular weight excluding hydrogens is 462 g/mol. The lowest BCUT2D eigenvalue weighted by molar-refractivity contribution is -0.142. The van der Waals surface area contributed by atoms with E-state index < -0.39 is 18.0 Å². The summed E-state index contributed by atoms with van der Waals surface area (Å²) in [5.41, 5.74) is 2.74. The predicted molar refractivity (Wildman–Crippen MR) is 132 cm³/mol. The molecule has 36 heavy (non-hydrogen) atoms. The van der Waals surface area contributed by atoms with Crippen molar-refractivity contribution in [2.24, 2.45) is 0 Å². The van der Waals surface area contributed by atoms with E-state index in [-0.39, 0.29) is 18.9 Å². The van der Waals surface area contributed by atoms with Crippen LogP contribution in [0.5, 0.6) is 5.75 Å². The number of rotatable bonds is 10. The third-order valence-electron chi connectivity index (χ3n) is 4.95. The quantitative estimate of drug-likeness (QED) is 0.249. The number of methoxy groups -OCH3 is 1. The van der Waals surface area contributed by atoms with Crippen LogP contribution in [-0.2, 0) is 43.6 Å². The van der Waals surface area contributed by atoms with Gasteiger partial charge in [0.25, 0.3) is 0 Å². The number of carbonyl (C=O) groups is 3. The first-order valence-electron chi connectivity index (χ1n) is 11.2. The fraction of sp³-hybridized carbons (Fsp3) is 0.179. The van der Waals surface area contributed by atoms with Gasteiger partial charge >= 0.3 is 18.0 Å². The molecule has 3 rings (SSSR count). The minimum absolute atomic E-state index is 0.0340. The molecule has 0 radical (unpaired) electrons. The number of esters is 2. The molecule has 3 aromatic carbocycles. The van der Waals surface area contributed by atoms with Crippen molar-refractivity contribution in [2.45, 2.75) is 26.7 Å². The van der Waals surface area contributed by atoms with Crippen molar-refractivity contribution >= 4 is 24.1 Å². The number of benzene rings is 3. The summed E-state index contributed by atoms with van der Waals surface area (Å²) >= 11 is 0. The zero-order valence-corrected chi connectivity index (χ0v) is 20.1. The van der Waals surface area contributed by atoms with E-state index in [9.17, 15) is 14.4 Å². The first-order valence-corrected chi connectivity index (χ1v) is 11.2. The number of hydrogen-bond acceptors (Lipinski definition) is 7. The van der Waals surface area contributed by atoms with Crippen LogP contribution < -0.4 is 10.1 Å². The van der Waals surface area contributed by atoms with Crippen LogP contribution in [0.3, 0.4) is 0 Å². The molecule has 0 atom stereocenters. The molecule has 0 aromatic heterocycles. The van der Waals surface area contributed by atoms with Crippen LogP contribution in [0.2, 0.25) is 0 Å². The Balaban J connectivity index is 1.79. The van der Waals surface area contributed by atoms with E-state index in [2.05, 4.69) is 5.32 Å². The average molecular weight is 490 g/mol. The molecule has 1 N–H and O–H groups in total. The van der Waals surface area contributed by atoms with Crippen LogP contribution in [0.25, 0.3) is 6.08 Å². The largest absolute Gasteiger partial charge is 0.489 e. The lowest BCUT2D eigenvalue weighted by atomic mass is 10.1. The second kappa shape index (κ2) is 13.3. The van der Waals surface area contributed by atoms with Crippen molar-refractivity contribution in [1.82, 2.24) is 5.32 Å². The van der Waals surface area contributed by atoms with Gasteiger partial charge in [0.2, 0.25) is 0 Å². The molecule has 3 aromatic rings. The van der Waals surface area contributed by atoms with Crippen molar-refractivity contribution in [2.75, 3.05) is 7.11 Å². The van der Waals surface area contributed by atoms with E-state index in [4.69, 9.17) is 18.9 Å². The van der Waals surface area contributed by atoms with Gasteiger partial charge in [-0.3, -0.25) is 10.1 Å². The number of amides is 1. The van der Waals surface area contributed by atoms with E-state index in [1.807, 2.05) is 60.7 Å². The van der Waals surface area contributed by atoms with Gasteiger partial charge in [0, 0.05) is 12.5 Å². The highest BCUT2D eigenvalue weighted by Gasteiger charge is 2.16. The van der Waals surface area contributed by atoms with Crippen LogP contribution in [0.4, 0.5) is 4.79 Å². The molecule has 0 aliphatic rings. The molecule has 0 saturated heterocycles. The molecule has 1 amide bonds. The average Bonchev–Trinajstić information content (AvgIpc) is 2.90. The monoisotopic (exact) mass is 489 g/mol. The Morgan fingerprint density at radius 1 is 0.806 bits per heavy atom. The number of ether oxygens (including phenoxy) is 4. The molecule has 0 saturated carbocycles. The SMILES string of the molecule is COC(=O)/C(=C\c1ccc(OCc2ccccc2)cc1COC(C)=O)NC(=O)OCc1ccccc1. The Morgan fingerprint density at radius 2 is 1.44 bits per heavy atom. The second-order valence-electron chi connectivity index (χ2n) is 7.65. The molecule has 8 nitrogen and oxygen atoms in total. The van der Waals surface area contributed by atoms with Crippen LogP contribution >= 0.6 is 0 Å². The molecule has 0 aliphatic heterocycles. The van der Waals surface area contributed by atoms with Crippen LogP contribution in [0.15, 0.2) is 84.6 Å². The number of hydrogen-bond donors (Lipinski definition) is 1.